The molecule has 6 nitrogen and oxygen atoms in total. The number of carbonyl (C=O) groups excluding carboxylic acids is 3. The van der Waals surface area contributed by atoms with Gasteiger partial charge >= 0.3 is 0 Å². The van der Waals surface area contributed by atoms with E-state index in [1.807, 2.05) is 30.3 Å². The van der Waals surface area contributed by atoms with Crippen LogP contribution in [0, 0.1) is 11.3 Å². The molecule has 2 rings (SSSR count). The number of ketones is 2. The molecule has 0 fully saturated rings. The average Bonchev–Trinajstić information content (AvgIpc) is 2.78. The molecule has 0 aliphatic heterocycles. The van der Waals surface area contributed by atoms with Crippen molar-refractivity contribution >= 4 is 17.5 Å². The van der Waals surface area contributed by atoms with E-state index in [0.717, 1.165) is 17.5 Å². The average molecular weight is 467 g/mol. The van der Waals surface area contributed by atoms with Crippen LogP contribution in [0.15, 0.2) is 54.6 Å². The number of Topliss-reactive ketones (excluding diaryl/α,β-unsaturated/α-hetero) is 2. The van der Waals surface area contributed by atoms with Crippen molar-refractivity contribution in [3.8, 4) is 5.75 Å². The number of rotatable bonds is 12. The molecule has 184 valence electrons. The normalized spacial score (nSPS) is 13.2. The zero-order valence-electron chi connectivity index (χ0n) is 20.8. The van der Waals surface area contributed by atoms with Crippen molar-refractivity contribution in [3.63, 3.8) is 0 Å². The largest absolute Gasteiger partial charge is 0.508 e. The molecule has 2 atom stereocenters. The Bertz CT molecular complexity index is 949. The van der Waals surface area contributed by atoms with Crippen LogP contribution in [-0.2, 0) is 27.2 Å². The molecule has 0 aromatic heterocycles. The van der Waals surface area contributed by atoms with Crippen LogP contribution in [0.4, 0.5) is 0 Å². The number of phenols is 1. The van der Waals surface area contributed by atoms with Crippen LogP contribution in [0.5, 0.6) is 5.75 Å². The maximum atomic E-state index is 13.3. The highest BCUT2D eigenvalue weighted by molar-refractivity contribution is 5.91. The molecular weight excluding hydrogens is 428 g/mol. The van der Waals surface area contributed by atoms with E-state index in [-0.39, 0.29) is 41.6 Å². The predicted molar refractivity (Wildman–Crippen MR) is 134 cm³/mol. The summed E-state index contributed by atoms with van der Waals surface area (Å²) in [5.74, 6) is -0.856. The van der Waals surface area contributed by atoms with Gasteiger partial charge in [-0.3, -0.25) is 14.4 Å². The molecule has 0 spiro atoms. The standard InChI is InChI=1S/C28H38N2O4/c1-28(2,3)15-14-24(32)19-30(4)27(34)22(16-20-8-6-5-7-9-20)18-26(33)25(29)17-21-10-12-23(31)13-11-21/h5-13,22,25,31H,14-19,29H2,1-4H3/t22-,25-/m0/s1. The number of nitrogens with two attached hydrogens (primary N) is 1. The lowest BCUT2D eigenvalue weighted by Crippen LogP contribution is -2.41. The fourth-order valence-corrected chi connectivity index (χ4v) is 3.79. The highest BCUT2D eigenvalue weighted by atomic mass is 16.3. The lowest BCUT2D eigenvalue weighted by Gasteiger charge is -2.25. The van der Waals surface area contributed by atoms with Gasteiger partial charge in [0.25, 0.3) is 0 Å². The van der Waals surface area contributed by atoms with Gasteiger partial charge in [-0.05, 0) is 47.9 Å². The summed E-state index contributed by atoms with van der Waals surface area (Å²) in [5, 5.41) is 9.44. The van der Waals surface area contributed by atoms with Crippen LogP contribution < -0.4 is 5.73 Å². The first-order valence-electron chi connectivity index (χ1n) is 11.8. The topological polar surface area (TPSA) is 101 Å². The van der Waals surface area contributed by atoms with E-state index < -0.39 is 12.0 Å². The molecule has 2 aromatic carbocycles. The fourth-order valence-electron chi connectivity index (χ4n) is 3.79. The predicted octanol–water partition coefficient (Wildman–Crippen LogP) is 3.93. The van der Waals surface area contributed by atoms with Gasteiger partial charge in [0.05, 0.1) is 12.6 Å². The Hall–Kier alpha value is -2.99. The lowest BCUT2D eigenvalue weighted by atomic mass is 9.89. The van der Waals surface area contributed by atoms with E-state index in [1.165, 1.54) is 4.90 Å². The van der Waals surface area contributed by atoms with Crippen LogP contribution in [0.25, 0.3) is 0 Å². The highest BCUT2D eigenvalue weighted by Crippen LogP contribution is 2.21. The molecule has 0 radical (unpaired) electrons. The molecule has 34 heavy (non-hydrogen) atoms. The molecule has 0 bridgehead atoms. The smallest absolute Gasteiger partial charge is 0.226 e. The Morgan fingerprint density at radius 2 is 1.53 bits per heavy atom. The number of phenolic OH excluding ortho intramolecular Hbond substituents is 1. The van der Waals surface area contributed by atoms with Gasteiger partial charge in [-0.15, -0.1) is 0 Å². The number of benzene rings is 2. The number of nitrogens with zero attached hydrogens (tertiary/aromatic N) is 1. The van der Waals surface area contributed by atoms with E-state index in [9.17, 15) is 19.5 Å². The second-order valence-corrected chi connectivity index (χ2v) is 10.3. The van der Waals surface area contributed by atoms with E-state index in [4.69, 9.17) is 5.73 Å². The molecule has 0 saturated heterocycles. The second kappa shape index (κ2) is 12.5. The van der Waals surface area contributed by atoms with Gasteiger partial charge in [0.2, 0.25) is 5.91 Å². The van der Waals surface area contributed by atoms with Crippen molar-refractivity contribution < 1.29 is 19.5 Å². The van der Waals surface area contributed by atoms with Gasteiger partial charge < -0.3 is 15.7 Å². The van der Waals surface area contributed by atoms with Crippen LogP contribution >= 0.6 is 0 Å². The summed E-state index contributed by atoms with van der Waals surface area (Å²) >= 11 is 0. The maximum absolute atomic E-state index is 13.3. The Morgan fingerprint density at radius 1 is 0.941 bits per heavy atom. The molecule has 0 aliphatic carbocycles. The van der Waals surface area contributed by atoms with E-state index in [2.05, 4.69) is 20.8 Å². The fraction of sp³-hybridized carbons (Fsp3) is 0.464. The van der Waals surface area contributed by atoms with Gasteiger partial charge in [-0.25, -0.2) is 0 Å². The number of hydrogen-bond donors (Lipinski definition) is 2. The number of hydrogen-bond acceptors (Lipinski definition) is 5. The van der Waals surface area contributed by atoms with E-state index >= 15 is 0 Å². The molecular formula is C28H38N2O4. The first-order valence-corrected chi connectivity index (χ1v) is 11.8. The van der Waals surface area contributed by atoms with Crippen molar-refractivity contribution in [2.24, 2.45) is 17.1 Å². The third kappa shape index (κ3) is 9.48. The summed E-state index contributed by atoms with van der Waals surface area (Å²) in [7, 11) is 1.62. The number of amides is 1. The quantitative estimate of drug-likeness (QED) is 0.494. The van der Waals surface area contributed by atoms with Crippen molar-refractivity contribution in [2.75, 3.05) is 13.6 Å². The zero-order valence-corrected chi connectivity index (χ0v) is 20.8. The SMILES string of the molecule is CN(CC(=O)CCC(C)(C)C)C(=O)[C@H](CC(=O)[C@@H](N)Cc1ccc(O)cc1)Cc1ccccc1. The minimum atomic E-state index is -0.755. The molecule has 0 saturated carbocycles. The van der Waals surface area contributed by atoms with Crippen molar-refractivity contribution in [3.05, 3.63) is 65.7 Å². The minimum Gasteiger partial charge on any atom is -0.508 e. The third-order valence-electron chi connectivity index (χ3n) is 5.87. The van der Waals surface area contributed by atoms with Gasteiger partial charge in [0, 0.05) is 25.8 Å². The van der Waals surface area contributed by atoms with Crippen LogP contribution in [0.3, 0.4) is 0 Å². The van der Waals surface area contributed by atoms with Crippen molar-refractivity contribution in [1.29, 1.82) is 0 Å². The molecule has 2 aromatic rings. The van der Waals surface area contributed by atoms with Crippen LogP contribution in [0.2, 0.25) is 0 Å². The van der Waals surface area contributed by atoms with Crippen molar-refractivity contribution in [1.82, 2.24) is 4.90 Å². The molecule has 0 heterocycles. The molecule has 0 unspecified atom stereocenters. The molecule has 0 aliphatic rings. The second-order valence-electron chi connectivity index (χ2n) is 10.3. The van der Waals surface area contributed by atoms with E-state index in [0.29, 0.717) is 19.3 Å². The zero-order chi connectivity index (χ0) is 25.3. The summed E-state index contributed by atoms with van der Waals surface area (Å²) in [6, 6.07) is 15.4. The minimum absolute atomic E-state index is 0.00744. The Kier molecular flexibility index (Phi) is 9.99. The third-order valence-corrected chi connectivity index (χ3v) is 5.87. The van der Waals surface area contributed by atoms with Gasteiger partial charge in [0.15, 0.2) is 11.6 Å². The Labute approximate surface area is 203 Å². The van der Waals surface area contributed by atoms with Gasteiger partial charge in [-0.1, -0.05) is 63.2 Å². The Balaban J connectivity index is 2.07. The summed E-state index contributed by atoms with van der Waals surface area (Å²) in [6.45, 7) is 6.28. The highest BCUT2D eigenvalue weighted by Gasteiger charge is 2.28. The summed E-state index contributed by atoms with van der Waals surface area (Å²) in [4.78, 5) is 40.1. The monoisotopic (exact) mass is 466 g/mol. The molecule has 6 heteroatoms. The summed E-state index contributed by atoms with van der Waals surface area (Å²) in [6.07, 6.45) is 1.91. The summed E-state index contributed by atoms with van der Waals surface area (Å²) < 4.78 is 0. The van der Waals surface area contributed by atoms with Gasteiger partial charge in [0.1, 0.15) is 5.75 Å². The first kappa shape index (κ1) is 27.3. The van der Waals surface area contributed by atoms with Crippen LogP contribution in [0.1, 0.15) is 51.2 Å². The summed E-state index contributed by atoms with van der Waals surface area (Å²) in [5.41, 5.74) is 8.02. The first-order chi connectivity index (χ1) is 15.9. The Morgan fingerprint density at radius 3 is 2.12 bits per heavy atom. The number of aromatic hydroxyl groups is 1. The number of likely N-dealkylation sites (N-methyl/N-ethyl adjacent to an activating group) is 1. The number of carbonyl (C=O) groups is 3. The lowest BCUT2D eigenvalue weighted by molar-refractivity contribution is -0.139. The maximum Gasteiger partial charge on any atom is 0.226 e. The van der Waals surface area contributed by atoms with E-state index in [1.54, 1.807) is 31.3 Å². The molecule has 1 amide bonds. The van der Waals surface area contributed by atoms with Crippen molar-refractivity contribution in [2.45, 2.75) is 58.9 Å². The van der Waals surface area contributed by atoms with Crippen LogP contribution in [-0.4, -0.2) is 47.1 Å². The van der Waals surface area contributed by atoms with Gasteiger partial charge in [-0.2, -0.15) is 0 Å². The molecule has 3 N–H and O–H groups in total.